The van der Waals surface area contributed by atoms with E-state index >= 15 is 0 Å². The largest absolute Gasteiger partial charge is 0.490 e. The van der Waals surface area contributed by atoms with Gasteiger partial charge in [-0.2, -0.15) is 0 Å². The molecule has 1 saturated heterocycles. The SMILES string of the molecule is c1cnc(N2CCC(Oc3ccc(-c4cc5ccccc5o4)cc3)CC2)nc1. The van der Waals surface area contributed by atoms with Crippen LogP contribution >= 0.6 is 0 Å². The van der Waals surface area contributed by atoms with Gasteiger partial charge in [-0.25, -0.2) is 9.97 Å². The second-order valence-corrected chi connectivity index (χ2v) is 7.03. The summed E-state index contributed by atoms with van der Waals surface area (Å²) in [6.45, 7) is 1.82. The first kappa shape index (κ1) is 16.8. The number of fused-ring (bicyclic) bond motifs is 1. The van der Waals surface area contributed by atoms with Gasteiger partial charge in [-0.15, -0.1) is 0 Å². The van der Waals surface area contributed by atoms with Gasteiger partial charge >= 0.3 is 0 Å². The highest BCUT2D eigenvalue weighted by Gasteiger charge is 2.22. The molecule has 0 unspecified atom stereocenters. The third-order valence-corrected chi connectivity index (χ3v) is 5.14. The van der Waals surface area contributed by atoms with Crippen molar-refractivity contribution in [3.8, 4) is 17.1 Å². The van der Waals surface area contributed by atoms with Crippen LogP contribution in [0.5, 0.6) is 5.75 Å². The van der Waals surface area contributed by atoms with Crippen molar-refractivity contribution in [2.24, 2.45) is 0 Å². The Hall–Kier alpha value is -3.34. The van der Waals surface area contributed by atoms with Crippen LogP contribution in [0.2, 0.25) is 0 Å². The molecule has 0 spiro atoms. The lowest BCUT2D eigenvalue weighted by atomic mass is 10.1. The zero-order chi connectivity index (χ0) is 18.8. The number of benzene rings is 2. The van der Waals surface area contributed by atoms with Crippen molar-refractivity contribution in [2.75, 3.05) is 18.0 Å². The summed E-state index contributed by atoms with van der Waals surface area (Å²) >= 11 is 0. The molecule has 1 aliphatic rings. The average molecular weight is 371 g/mol. The van der Waals surface area contributed by atoms with Crippen LogP contribution in [0.3, 0.4) is 0 Å². The lowest BCUT2D eigenvalue weighted by Crippen LogP contribution is -2.39. The van der Waals surface area contributed by atoms with E-state index in [0.29, 0.717) is 0 Å². The summed E-state index contributed by atoms with van der Waals surface area (Å²) < 4.78 is 12.1. The maximum atomic E-state index is 6.19. The van der Waals surface area contributed by atoms with E-state index in [-0.39, 0.29) is 6.10 Å². The zero-order valence-corrected chi connectivity index (χ0v) is 15.5. The summed E-state index contributed by atoms with van der Waals surface area (Å²) in [4.78, 5) is 10.9. The minimum atomic E-state index is 0.219. The third kappa shape index (κ3) is 3.43. The van der Waals surface area contributed by atoms with Crippen molar-refractivity contribution in [3.63, 3.8) is 0 Å². The molecule has 5 nitrogen and oxygen atoms in total. The van der Waals surface area contributed by atoms with Gasteiger partial charge in [0.05, 0.1) is 0 Å². The van der Waals surface area contributed by atoms with E-state index < -0.39 is 0 Å². The molecule has 0 N–H and O–H groups in total. The van der Waals surface area contributed by atoms with Crippen molar-refractivity contribution >= 4 is 16.9 Å². The predicted molar refractivity (Wildman–Crippen MR) is 110 cm³/mol. The first-order valence-electron chi connectivity index (χ1n) is 9.63. The number of nitrogens with zero attached hydrogens (tertiary/aromatic N) is 3. The Morgan fingerprint density at radius 3 is 2.39 bits per heavy atom. The van der Waals surface area contributed by atoms with Gasteiger partial charge in [0.2, 0.25) is 5.95 Å². The molecule has 0 radical (unpaired) electrons. The summed E-state index contributed by atoms with van der Waals surface area (Å²) in [5, 5.41) is 1.12. The van der Waals surface area contributed by atoms with E-state index in [2.05, 4.69) is 39.1 Å². The molecule has 0 bridgehead atoms. The lowest BCUT2D eigenvalue weighted by Gasteiger charge is -2.32. The molecule has 5 rings (SSSR count). The Balaban J connectivity index is 1.22. The number of hydrogen-bond acceptors (Lipinski definition) is 5. The van der Waals surface area contributed by atoms with Crippen molar-refractivity contribution in [2.45, 2.75) is 18.9 Å². The van der Waals surface area contributed by atoms with Crippen molar-refractivity contribution in [1.82, 2.24) is 9.97 Å². The summed E-state index contributed by atoms with van der Waals surface area (Å²) in [6, 6.07) is 20.1. The molecule has 1 aliphatic heterocycles. The number of rotatable bonds is 4. The predicted octanol–water partition coefficient (Wildman–Crippen LogP) is 4.94. The Labute approximate surface area is 163 Å². The van der Waals surface area contributed by atoms with Crippen LogP contribution in [0, 0.1) is 0 Å². The fourth-order valence-electron chi connectivity index (χ4n) is 3.64. The average Bonchev–Trinajstić information content (AvgIpc) is 3.20. The Bertz CT molecular complexity index is 1020. The van der Waals surface area contributed by atoms with Crippen LogP contribution in [-0.2, 0) is 0 Å². The van der Waals surface area contributed by atoms with Gasteiger partial charge < -0.3 is 14.1 Å². The highest BCUT2D eigenvalue weighted by molar-refractivity contribution is 5.82. The molecule has 3 heterocycles. The smallest absolute Gasteiger partial charge is 0.225 e. The highest BCUT2D eigenvalue weighted by Crippen LogP contribution is 2.29. The number of ether oxygens (including phenoxy) is 1. The molecule has 140 valence electrons. The van der Waals surface area contributed by atoms with E-state index in [0.717, 1.165) is 59.9 Å². The monoisotopic (exact) mass is 371 g/mol. The van der Waals surface area contributed by atoms with Gasteiger partial charge in [-0.05, 0) is 42.5 Å². The van der Waals surface area contributed by atoms with E-state index in [1.165, 1.54) is 0 Å². The van der Waals surface area contributed by atoms with Crippen molar-refractivity contribution in [1.29, 1.82) is 0 Å². The van der Waals surface area contributed by atoms with Gasteiger partial charge in [-0.1, -0.05) is 18.2 Å². The Kier molecular flexibility index (Phi) is 4.41. The summed E-state index contributed by atoms with van der Waals surface area (Å²) in [5.74, 6) is 2.58. The molecule has 28 heavy (non-hydrogen) atoms. The number of aromatic nitrogens is 2. The van der Waals surface area contributed by atoms with E-state index in [1.807, 2.05) is 36.4 Å². The van der Waals surface area contributed by atoms with Gasteiger partial charge in [0.1, 0.15) is 23.2 Å². The van der Waals surface area contributed by atoms with Crippen LogP contribution in [-0.4, -0.2) is 29.2 Å². The van der Waals surface area contributed by atoms with Gasteiger partial charge in [0, 0.05) is 49.3 Å². The van der Waals surface area contributed by atoms with Crippen LogP contribution in [0.4, 0.5) is 5.95 Å². The standard InChI is InChI=1S/C23H21N3O2/c1-2-5-21-18(4-1)16-22(28-21)17-6-8-19(9-7-17)27-20-10-14-26(15-11-20)23-24-12-3-13-25-23/h1-9,12-13,16,20H,10-11,14-15H2. The van der Waals surface area contributed by atoms with Gasteiger partial charge in [0.25, 0.3) is 0 Å². The van der Waals surface area contributed by atoms with Crippen molar-refractivity contribution < 1.29 is 9.15 Å². The zero-order valence-electron chi connectivity index (χ0n) is 15.5. The maximum absolute atomic E-state index is 6.19. The molecule has 4 aromatic rings. The Morgan fingerprint density at radius 1 is 0.893 bits per heavy atom. The van der Waals surface area contributed by atoms with Crippen LogP contribution in [0.15, 0.2) is 77.5 Å². The molecule has 0 atom stereocenters. The van der Waals surface area contributed by atoms with E-state index in [9.17, 15) is 0 Å². The third-order valence-electron chi connectivity index (χ3n) is 5.14. The molecular weight excluding hydrogens is 350 g/mol. The number of anilines is 1. The van der Waals surface area contributed by atoms with Crippen LogP contribution in [0.1, 0.15) is 12.8 Å². The lowest BCUT2D eigenvalue weighted by molar-refractivity contribution is 0.170. The number of furan rings is 1. The molecule has 0 amide bonds. The molecule has 2 aromatic heterocycles. The summed E-state index contributed by atoms with van der Waals surface area (Å²) in [6.07, 6.45) is 5.72. The fourth-order valence-corrected chi connectivity index (χ4v) is 3.64. The minimum absolute atomic E-state index is 0.219. The fraction of sp³-hybridized carbons (Fsp3) is 0.217. The number of piperidine rings is 1. The first-order valence-corrected chi connectivity index (χ1v) is 9.63. The number of hydrogen-bond donors (Lipinski definition) is 0. The quantitative estimate of drug-likeness (QED) is 0.509. The summed E-state index contributed by atoms with van der Waals surface area (Å²) in [7, 11) is 0. The summed E-state index contributed by atoms with van der Waals surface area (Å²) in [5.41, 5.74) is 1.96. The van der Waals surface area contributed by atoms with Crippen molar-refractivity contribution in [3.05, 3.63) is 73.1 Å². The molecule has 0 aliphatic carbocycles. The first-order chi connectivity index (χ1) is 13.8. The van der Waals surface area contributed by atoms with Crippen LogP contribution in [0.25, 0.3) is 22.3 Å². The topological polar surface area (TPSA) is 51.4 Å². The molecular formula is C23H21N3O2. The second kappa shape index (κ2) is 7.35. The molecule has 1 fully saturated rings. The van der Waals surface area contributed by atoms with Crippen LogP contribution < -0.4 is 9.64 Å². The normalized spacial score (nSPS) is 15.1. The minimum Gasteiger partial charge on any atom is -0.490 e. The highest BCUT2D eigenvalue weighted by atomic mass is 16.5. The van der Waals surface area contributed by atoms with Gasteiger partial charge in [-0.3, -0.25) is 0 Å². The van der Waals surface area contributed by atoms with E-state index in [1.54, 1.807) is 12.4 Å². The molecule has 2 aromatic carbocycles. The van der Waals surface area contributed by atoms with Gasteiger partial charge in [0.15, 0.2) is 0 Å². The molecule has 0 saturated carbocycles. The van der Waals surface area contributed by atoms with E-state index in [4.69, 9.17) is 9.15 Å². The maximum Gasteiger partial charge on any atom is 0.225 e. The number of para-hydroxylation sites is 1. The second-order valence-electron chi connectivity index (χ2n) is 7.03. The Morgan fingerprint density at radius 2 is 1.64 bits per heavy atom. The molecule has 5 heteroatoms.